The van der Waals surface area contributed by atoms with Crippen molar-refractivity contribution in [1.29, 1.82) is 0 Å². The van der Waals surface area contributed by atoms with Gasteiger partial charge in [-0.3, -0.25) is 9.59 Å². The average molecular weight is 310 g/mol. The molecule has 4 nitrogen and oxygen atoms in total. The lowest BCUT2D eigenvalue weighted by Crippen LogP contribution is -2.08. The summed E-state index contributed by atoms with van der Waals surface area (Å²) in [5, 5.41) is 0. The summed E-state index contributed by atoms with van der Waals surface area (Å²) < 4.78 is 10.5. The number of hydrogen-bond donors (Lipinski definition) is 0. The van der Waals surface area contributed by atoms with Gasteiger partial charge < -0.3 is 9.47 Å². The second-order valence-corrected chi connectivity index (χ2v) is 4.77. The van der Waals surface area contributed by atoms with Gasteiger partial charge in [0.05, 0.1) is 6.61 Å². The number of ketones is 1. The molecule has 0 N–H and O–H groups in total. The Morgan fingerprint density at radius 1 is 1.00 bits per heavy atom. The second kappa shape index (κ2) is 8.54. The molecule has 0 radical (unpaired) electrons. The predicted molar refractivity (Wildman–Crippen MR) is 88.2 cm³/mol. The molecule has 0 aromatic heterocycles. The highest BCUT2D eigenvalue weighted by Crippen LogP contribution is 2.22. The van der Waals surface area contributed by atoms with Gasteiger partial charge in [-0.05, 0) is 42.8 Å². The number of carbonyl (C=O) groups is 2. The average Bonchev–Trinajstić information content (AvgIpc) is 2.54. The van der Waals surface area contributed by atoms with Crippen LogP contribution in [0.1, 0.15) is 18.9 Å². The van der Waals surface area contributed by atoms with Crippen LogP contribution in [0.3, 0.4) is 0 Å². The molecule has 2 aromatic rings. The molecule has 0 saturated carbocycles. The predicted octanol–water partition coefficient (Wildman–Crippen LogP) is 4.01. The summed E-state index contributed by atoms with van der Waals surface area (Å²) in [6.45, 7) is 1.98. The lowest BCUT2D eigenvalue weighted by atomic mass is 10.1. The largest absolute Gasteiger partial charge is 0.466 e. The van der Waals surface area contributed by atoms with Gasteiger partial charge in [-0.1, -0.05) is 36.4 Å². The van der Waals surface area contributed by atoms with Crippen molar-refractivity contribution in [2.24, 2.45) is 0 Å². The van der Waals surface area contributed by atoms with Crippen LogP contribution in [-0.2, 0) is 14.3 Å². The van der Waals surface area contributed by atoms with E-state index >= 15 is 0 Å². The first kappa shape index (κ1) is 16.5. The molecule has 118 valence electrons. The molecule has 0 saturated heterocycles. The third kappa shape index (κ3) is 5.79. The Labute approximate surface area is 135 Å². The van der Waals surface area contributed by atoms with Crippen molar-refractivity contribution >= 4 is 17.8 Å². The van der Waals surface area contributed by atoms with Crippen molar-refractivity contribution in [3.05, 3.63) is 66.2 Å². The number of allylic oxidation sites excluding steroid dienone is 1. The van der Waals surface area contributed by atoms with Crippen molar-refractivity contribution in [3.63, 3.8) is 0 Å². The first-order chi connectivity index (χ1) is 11.2. The van der Waals surface area contributed by atoms with Gasteiger partial charge in [-0.2, -0.15) is 0 Å². The number of ether oxygens (including phenoxy) is 2. The molecule has 0 unspecified atom stereocenters. The normalized spacial score (nSPS) is 10.5. The maximum Gasteiger partial charge on any atom is 0.313 e. The summed E-state index contributed by atoms with van der Waals surface area (Å²) in [6, 6.07) is 16.8. The standard InChI is InChI=1S/C19H18O4/c1-2-22-19(21)14-16(20)12-11-15-7-6-10-18(13-15)23-17-8-4-3-5-9-17/h3-13H,2,14H2,1H3. The highest BCUT2D eigenvalue weighted by atomic mass is 16.5. The summed E-state index contributed by atoms with van der Waals surface area (Å²) >= 11 is 0. The molecule has 0 aliphatic carbocycles. The van der Waals surface area contributed by atoms with Crippen molar-refractivity contribution in [1.82, 2.24) is 0 Å². The van der Waals surface area contributed by atoms with Crippen LogP contribution < -0.4 is 4.74 Å². The fourth-order valence-corrected chi connectivity index (χ4v) is 1.91. The maximum atomic E-state index is 11.7. The SMILES string of the molecule is CCOC(=O)CC(=O)C=Cc1cccc(Oc2ccccc2)c1. The summed E-state index contributed by atoms with van der Waals surface area (Å²) in [6.07, 6.45) is 2.78. The Balaban J connectivity index is 1.98. The molecule has 0 atom stereocenters. The van der Waals surface area contributed by atoms with E-state index in [0.29, 0.717) is 5.75 Å². The Morgan fingerprint density at radius 3 is 2.48 bits per heavy atom. The van der Waals surface area contributed by atoms with Gasteiger partial charge in [0, 0.05) is 0 Å². The van der Waals surface area contributed by atoms with Crippen LogP contribution in [-0.4, -0.2) is 18.4 Å². The molecule has 2 rings (SSSR count). The van der Waals surface area contributed by atoms with Crippen LogP contribution in [0.4, 0.5) is 0 Å². The Morgan fingerprint density at radius 2 is 1.74 bits per heavy atom. The highest BCUT2D eigenvalue weighted by Gasteiger charge is 2.06. The van der Waals surface area contributed by atoms with E-state index in [4.69, 9.17) is 9.47 Å². The van der Waals surface area contributed by atoms with Crippen LogP contribution in [0, 0.1) is 0 Å². The minimum Gasteiger partial charge on any atom is -0.466 e. The fraction of sp³-hybridized carbons (Fsp3) is 0.158. The van der Waals surface area contributed by atoms with Gasteiger partial charge in [0.25, 0.3) is 0 Å². The monoisotopic (exact) mass is 310 g/mol. The molecule has 4 heteroatoms. The first-order valence-electron chi connectivity index (χ1n) is 7.37. The van der Waals surface area contributed by atoms with Crippen LogP contribution in [0.15, 0.2) is 60.7 Å². The van der Waals surface area contributed by atoms with E-state index in [1.54, 1.807) is 13.0 Å². The molecule has 2 aromatic carbocycles. The quantitative estimate of drug-likeness (QED) is 0.440. The van der Waals surface area contributed by atoms with Crippen LogP contribution in [0.2, 0.25) is 0 Å². The molecule has 0 aliphatic heterocycles. The number of para-hydroxylation sites is 1. The fourth-order valence-electron chi connectivity index (χ4n) is 1.91. The third-order valence-corrected chi connectivity index (χ3v) is 2.92. The van der Waals surface area contributed by atoms with Gasteiger partial charge in [0.15, 0.2) is 5.78 Å². The van der Waals surface area contributed by atoms with Crippen molar-refractivity contribution in [2.75, 3.05) is 6.61 Å². The van der Waals surface area contributed by atoms with Crippen molar-refractivity contribution in [2.45, 2.75) is 13.3 Å². The Kier molecular flexibility index (Phi) is 6.12. The van der Waals surface area contributed by atoms with Gasteiger partial charge >= 0.3 is 5.97 Å². The van der Waals surface area contributed by atoms with E-state index in [0.717, 1.165) is 11.3 Å². The van der Waals surface area contributed by atoms with E-state index in [9.17, 15) is 9.59 Å². The molecule has 0 heterocycles. The maximum absolute atomic E-state index is 11.7. The molecule has 0 fully saturated rings. The molecule has 0 amide bonds. The van der Waals surface area contributed by atoms with Crippen LogP contribution in [0.5, 0.6) is 11.5 Å². The van der Waals surface area contributed by atoms with E-state index in [-0.39, 0.29) is 18.8 Å². The smallest absolute Gasteiger partial charge is 0.313 e. The highest BCUT2D eigenvalue weighted by molar-refractivity contribution is 6.03. The third-order valence-electron chi connectivity index (χ3n) is 2.92. The zero-order valence-electron chi connectivity index (χ0n) is 12.9. The van der Waals surface area contributed by atoms with Gasteiger partial charge in [-0.25, -0.2) is 0 Å². The number of benzene rings is 2. The molecular weight excluding hydrogens is 292 g/mol. The number of carbonyl (C=O) groups excluding carboxylic acids is 2. The summed E-state index contributed by atoms with van der Waals surface area (Å²) in [4.78, 5) is 22.9. The first-order valence-corrected chi connectivity index (χ1v) is 7.37. The molecule has 23 heavy (non-hydrogen) atoms. The summed E-state index contributed by atoms with van der Waals surface area (Å²) in [5.41, 5.74) is 0.815. The number of esters is 1. The topological polar surface area (TPSA) is 52.6 Å². The lowest BCUT2D eigenvalue weighted by Gasteiger charge is -2.05. The number of hydrogen-bond acceptors (Lipinski definition) is 4. The van der Waals surface area contributed by atoms with Crippen molar-refractivity contribution in [3.8, 4) is 11.5 Å². The molecule has 0 spiro atoms. The Hall–Kier alpha value is -2.88. The van der Waals surface area contributed by atoms with E-state index in [1.165, 1.54) is 6.08 Å². The van der Waals surface area contributed by atoms with Crippen LogP contribution in [0.25, 0.3) is 6.08 Å². The number of rotatable bonds is 7. The van der Waals surface area contributed by atoms with E-state index < -0.39 is 5.97 Å². The minimum atomic E-state index is -0.511. The summed E-state index contributed by atoms with van der Waals surface area (Å²) in [7, 11) is 0. The second-order valence-electron chi connectivity index (χ2n) is 4.77. The zero-order chi connectivity index (χ0) is 16.5. The lowest BCUT2D eigenvalue weighted by molar-refractivity contribution is -0.144. The zero-order valence-corrected chi connectivity index (χ0v) is 12.9. The molecule has 0 aliphatic rings. The van der Waals surface area contributed by atoms with Crippen molar-refractivity contribution < 1.29 is 19.1 Å². The minimum absolute atomic E-state index is 0.245. The summed E-state index contributed by atoms with van der Waals surface area (Å²) in [5.74, 6) is 0.615. The Bertz CT molecular complexity index is 690. The van der Waals surface area contributed by atoms with E-state index in [1.807, 2.05) is 54.6 Å². The van der Waals surface area contributed by atoms with E-state index in [2.05, 4.69) is 0 Å². The van der Waals surface area contributed by atoms with Crippen LogP contribution >= 0.6 is 0 Å². The van der Waals surface area contributed by atoms with Gasteiger partial charge in [0.2, 0.25) is 0 Å². The van der Waals surface area contributed by atoms with Gasteiger partial charge in [-0.15, -0.1) is 0 Å². The van der Waals surface area contributed by atoms with Gasteiger partial charge in [0.1, 0.15) is 17.9 Å². The molecule has 0 bridgehead atoms. The molecular formula is C19H18O4.